The summed E-state index contributed by atoms with van der Waals surface area (Å²) in [5, 5.41) is 35.1. The van der Waals surface area contributed by atoms with Crippen molar-refractivity contribution in [1.82, 2.24) is 4.90 Å². The van der Waals surface area contributed by atoms with Gasteiger partial charge in [-0.1, -0.05) is 0 Å². The average Bonchev–Trinajstić information content (AvgIpc) is 2.56. The minimum atomic E-state index is -1.88. The first-order chi connectivity index (χ1) is 7.77. The molecule has 0 aliphatic carbocycles. The molecule has 0 radical (unpaired) electrons. The summed E-state index contributed by atoms with van der Waals surface area (Å²) in [6, 6.07) is -1.88. The van der Waals surface area contributed by atoms with Crippen LogP contribution in [0.2, 0.25) is 0 Å². The van der Waals surface area contributed by atoms with Gasteiger partial charge in [0.15, 0.2) is 0 Å². The van der Waals surface area contributed by atoms with Crippen molar-refractivity contribution in [1.29, 1.82) is 0 Å². The molecule has 0 bridgehead atoms. The van der Waals surface area contributed by atoms with Crippen LogP contribution in [0, 0.1) is 11.8 Å². The summed E-state index contributed by atoms with van der Waals surface area (Å²) in [5.74, 6) is -8.21. The molecular weight excluding hydrogens is 238 g/mol. The molecule has 4 N–H and O–H groups in total. The number of nitrogens with zero attached hydrogens (tertiary/aromatic N) is 1. The normalized spacial score (nSPS) is 27.8. The molecular formula is C8H9NO8. The summed E-state index contributed by atoms with van der Waals surface area (Å²) in [7, 11) is 0. The number of rotatable bonds is 3. The zero-order valence-electron chi connectivity index (χ0n) is 8.31. The average molecular weight is 247 g/mol. The molecule has 0 aromatic rings. The minimum absolute atomic E-state index is 0.319. The maximum Gasteiger partial charge on any atom is 0.408 e. The van der Waals surface area contributed by atoms with Crippen molar-refractivity contribution in [2.45, 2.75) is 6.04 Å². The van der Waals surface area contributed by atoms with Crippen LogP contribution >= 0.6 is 0 Å². The van der Waals surface area contributed by atoms with E-state index in [1.165, 1.54) is 0 Å². The fourth-order valence-electron chi connectivity index (χ4n) is 1.88. The van der Waals surface area contributed by atoms with Gasteiger partial charge in [0.25, 0.3) is 0 Å². The number of amides is 1. The fourth-order valence-corrected chi connectivity index (χ4v) is 1.88. The van der Waals surface area contributed by atoms with Gasteiger partial charge in [-0.25, -0.2) is 9.59 Å². The number of hydrogen-bond acceptors (Lipinski definition) is 4. The van der Waals surface area contributed by atoms with Crippen LogP contribution in [0.1, 0.15) is 0 Å². The quantitative estimate of drug-likeness (QED) is 0.486. The zero-order chi connectivity index (χ0) is 13.3. The number of carboxylic acids is 3. The molecule has 9 heteroatoms. The summed E-state index contributed by atoms with van der Waals surface area (Å²) >= 11 is 0. The SMILES string of the molecule is O=C(O)C1CN(C(=O)O)C(C(=O)O)C1C(=O)O. The molecule has 0 aromatic carbocycles. The topological polar surface area (TPSA) is 152 Å². The molecule has 0 spiro atoms. The second-order valence-corrected chi connectivity index (χ2v) is 3.53. The van der Waals surface area contributed by atoms with E-state index >= 15 is 0 Å². The molecule has 9 nitrogen and oxygen atoms in total. The monoisotopic (exact) mass is 247 g/mol. The lowest BCUT2D eigenvalue weighted by atomic mass is 9.91. The first-order valence-corrected chi connectivity index (χ1v) is 4.45. The minimum Gasteiger partial charge on any atom is -0.481 e. The summed E-state index contributed by atoms with van der Waals surface area (Å²) in [4.78, 5) is 43.5. The van der Waals surface area contributed by atoms with E-state index in [2.05, 4.69) is 0 Å². The van der Waals surface area contributed by atoms with Crippen LogP contribution in [0.15, 0.2) is 0 Å². The van der Waals surface area contributed by atoms with Gasteiger partial charge in [-0.15, -0.1) is 0 Å². The number of likely N-dealkylation sites (tertiary alicyclic amines) is 1. The number of hydrogen-bond donors (Lipinski definition) is 4. The summed E-state index contributed by atoms with van der Waals surface area (Å²) in [6.07, 6.45) is -1.66. The van der Waals surface area contributed by atoms with E-state index in [9.17, 15) is 19.2 Å². The third-order valence-corrected chi connectivity index (χ3v) is 2.60. The highest BCUT2D eigenvalue weighted by Gasteiger charge is 2.54. The van der Waals surface area contributed by atoms with Crippen molar-refractivity contribution in [3.05, 3.63) is 0 Å². The highest BCUT2D eigenvalue weighted by atomic mass is 16.4. The second kappa shape index (κ2) is 4.28. The molecule has 1 aliphatic rings. The molecule has 1 rings (SSSR count). The Morgan fingerprint density at radius 2 is 1.41 bits per heavy atom. The van der Waals surface area contributed by atoms with E-state index in [-0.39, 0.29) is 0 Å². The van der Waals surface area contributed by atoms with Crippen LogP contribution < -0.4 is 0 Å². The van der Waals surface area contributed by atoms with Gasteiger partial charge >= 0.3 is 24.0 Å². The van der Waals surface area contributed by atoms with Crippen LogP contribution in [0.25, 0.3) is 0 Å². The van der Waals surface area contributed by atoms with E-state index in [4.69, 9.17) is 20.4 Å². The Labute approximate surface area is 93.9 Å². The maximum absolute atomic E-state index is 10.9. The van der Waals surface area contributed by atoms with E-state index < -0.39 is 48.4 Å². The molecule has 1 aliphatic heterocycles. The van der Waals surface area contributed by atoms with Crippen LogP contribution in [0.4, 0.5) is 4.79 Å². The van der Waals surface area contributed by atoms with Crippen molar-refractivity contribution < 1.29 is 39.6 Å². The Balaban J connectivity index is 3.17. The molecule has 1 heterocycles. The predicted molar refractivity (Wildman–Crippen MR) is 48.4 cm³/mol. The maximum atomic E-state index is 10.9. The fraction of sp³-hybridized carbons (Fsp3) is 0.500. The van der Waals surface area contributed by atoms with Gasteiger partial charge in [0.1, 0.15) is 12.0 Å². The van der Waals surface area contributed by atoms with Gasteiger partial charge < -0.3 is 20.4 Å². The van der Waals surface area contributed by atoms with Gasteiger partial charge in [-0.2, -0.15) is 0 Å². The van der Waals surface area contributed by atoms with Gasteiger partial charge in [-0.05, 0) is 0 Å². The van der Waals surface area contributed by atoms with E-state index in [1.807, 2.05) is 0 Å². The Bertz CT molecular complexity index is 355. The van der Waals surface area contributed by atoms with E-state index in [1.54, 1.807) is 0 Å². The first kappa shape index (κ1) is 12.7. The third-order valence-electron chi connectivity index (χ3n) is 2.60. The van der Waals surface area contributed by atoms with Gasteiger partial charge in [0, 0.05) is 6.54 Å². The third kappa shape index (κ3) is 2.12. The molecule has 3 unspecified atom stereocenters. The van der Waals surface area contributed by atoms with Crippen molar-refractivity contribution >= 4 is 24.0 Å². The lowest BCUT2D eigenvalue weighted by Crippen LogP contribution is -2.44. The second-order valence-electron chi connectivity index (χ2n) is 3.53. The molecule has 0 aromatic heterocycles. The summed E-state index contributed by atoms with van der Waals surface area (Å²) < 4.78 is 0. The highest BCUT2D eigenvalue weighted by molar-refractivity contribution is 5.91. The Morgan fingerprint density at radius 3 is 1.71 bits per heavy atom. The molecule has 94 valence electrons. The standard InChI is InChI=1S/C8H9NO8/c10-5(11)2-1-9(8(16)17)4(7(14)15)3(2)6(12)13/h2-4H,1H2,(H,10,11)(H,12,13)(H,14,15)(H,16,17). The van der Waals surface area contributed by atoms with Crippen LogP contribution in [0.5, 0.6) is 0 Å². The Kier molecular flexibility index (Phi) is 3.21. The predicted octanol–water partition coefficient (Wildman–Crippen LogP) is -1.17. The van der Waals surface area contributed by atoms with Crippen molar-refractivity contribution in [3.8, 4) is 0 Å². The van der Waals surface area contributed by atoms with Crippen LogP contribution in [-0.4, -0.2) is 61.9 Å². The number of aliphatic carboxylic acids is 3. The Hall–Kier alpha value is -2.32. The summed E-state index contributed by atoms with van der Waals surface area (Å²) in [6.45, 7) is -0.654. The summed E-state index contributed by atoms with van der Waals surface area (Å²) in [5.41, 5.74) is 0. The number of carbonyl (C=O) groups is 4. The van der Waals surface area contributed by atoms with Crippen LogP contribution in [0.3, 0.4) is 0 Å². The van der Waals surface area contributed by atoms with E-state index in [0.717, 1.165) is 0 Å². The van der Waals surface area contributed by atoms with Gasteiger partial charge in [0.05, 0.1) is 5.92 Å². The van der Waals surface area contributed by atoms with Crippen molar-refractivity contribution in [2.75, 3.05) is 6.54 Å². The molecule has 3 atom stereocenters. The first-order valence-electron chi connectivity index (χ1n) is 4.45. The lowest BCUT2D eigenvalue weighted by Gasteiger charge is -2.19. The molecule has 0 saturated carbocycles. The lowest BCUT2D eigenvalue weighted by molar-refractivity contribution is -0.156. The molecule has 1 amide bonds. The number of carboxylic acid groups (broad SMARTS) is 4. The molecule has 17 heavy (non-hydrogen) atoms. The van der Waals surface area contributed by atoms with Crippen LogP contribution in [-0.2, 0) is 14.4 Å². The Morgan fingerprint density at radius 1 is 0.882 bits per heavy atom. The zero-order valence-corrected chi connectivity index (χ0v) is 8.31. The molecule has 1 saturated heterocycles. The van der Waals surface area contributed by atoms with Gasteiger partial charge in [-0.3, -0.25) is 14.5 Å². The smallest absolute Gasteiger partial charge is 0.408 e. The van der Waals surface area contributed by atoms with Crippen molar-refractivity contribution in [3.63, 3.8) is 0 Å². The highest BCUT2D eigenvalue weighted by Crippen LogP contribution is 2.31. The van der Waals surface area contributed by atoms with Gasteiger partial charge in [0.2, 0.25) is 0 Å². The van der Waals surface area contributed by atoms with Crippen molar-refractivity contribution in [2.24, 2.45) is 11.8 Å². The molecule has 1 fully saturated rings. The largest absolute Gasteiger partial charge is 0.481 e. The van der Waals surface area contributed by atoms with E-state index in [0.29, 0.717) is 4.90 Å².